The second kappa shape index (κ2) is 6.35. The molecule has 1 aliphatic heterocycles. The third kappa shape index (κ3) is 3.43. The number of nitrogens with zero attached hydrogens (tertiary/aromatic N) is 1. The van der Waals surface area contributed by atoms with Crippen molar-refractivity contribution >= 4 is 5.91 Å². The molecule has 0 spiro atoms. The molecule has 1 aromatic rings. The van der Waals surface area contributed by atoms with Gasteiger partial charge in [-0.1, -0.05) is 6.07 Å². The summed E-state index contributed by atoms with van der Waals surface area (Å²) in [6.45, 7) is 2.32. The summed E-state index contributed by atoms with van der Waals surface area (Å²) in [5.74, 6) is 0.810. The summed E-state index contributed by atoms with van der Waals surface area (Å²) < 4.78 is 4.98. The van der Waals surface area contributed by atoms with Crippen LogP contribution in [0.4, 0.5) is 0 Å². The molecule has 0 saturated carbocycles. The first-order valence-electron chi connectivity index (χ1n) is 6.27. The van der Waals surface area contributed by atoms with Gasteiger partial charge in [-0.2, -0.15) is 0 Å². The van der Waals surface area contributed by atoms with Crippen molar-refractivity contribution < 1.29 is 9.53 Å². The number of rotatable bonds is 4. The molecule has 2 N–H and O–H groups in total. The molecule has 0 aliphatic carbocycles. The van der Waals surface area contributed by atoms with Crippen LogP contribution in [0.2, 0.25) is 0 Å². The van der Waals surface area contributed by atoms with Gasteiger partial charge in [0, 0.05) is 25.4 Å². The van der Waals surface area contributed by atoms with Gasteiger partial charge >= 0.3 is 0 Å². The number of aromatic nitrogens is 1. The first-order chi connectivity index (χ1) is 8.79. The summed E-state index contributed by atoms with van der Waals surface area (Å²) in [6, 6.07) is 3.70. The van der Waals surface area contributed by atoms with Crippen LogP contribution in [0.1, 0.15) is 18.4 Å². The summed E-state index contributed by atoms with van der Waals surface area (Å²) in [6.07, 6.45) is 3.76. The molecule has 2 heterocycles. The molecule has 98 valence electrons. The first-order valence-corrected chi connectivity index (χ1v) is 6.27. The molecule has 0 aromatic carbocycles. The van der Waals surface area contributed by atoms with E-state index < -0.39 is 0 Å². The van der Waals surface area contributed by atoms with E-state index in [0.717, 1.165) is 31.5 Å². The van der Waals surface area contributed by atoms with Crippen LogP contribution in [0.3, 0.4) is 0 Å². The average Bonchev–Trinajstić information content (AvgIpc) is 2.46. The normalized spacial score (nSPS) is 19.3. The maximum absolute atomic E-state index is 11.9. The molecule has 1 fully saturated rings. The number of hydrogen-bond acceptors (Lipinski definition) is 4. The molecule has 2 rings (SSSR count). The Hall–Kier alpha value is -1.62. The highest BCUT2D eigenvalue weighted by atomic mass is 16.5. The molecule has 5 nitrogen and oxygen atoms in total. The van der Waals surface area contributed by atoms with Crippen LogP contribution in [-0.2, 0) is 11.3 Å². The molecule has 0 bridgehead atoms. The van der Waals surface area contributed by atoms with Crippen molar-refractivity contribution in [3.63, 3.8) is 0 Å². The quantitative estimate of drug-likeness (QED) is 0.825. The Bertz CT molecular complexity index is 386. The van der Waals surface area contributed by atoms with Gasteiger partial charge in [0.05, 0.1) is 13.0 Å². The summed E-state index contributed by atoms with van der Waals surface area (Å²) in [4.78, 5) is 16.0. The van der Waals surface area contributed by atoms with E-state index in [1.165, 1.54) is 0 Å². The predicted molar refractivity (Wildman–Crippen MR) is 68.2 cm³/mol. The van der Waals surface area contributed by atoms with Gasteiger partial charge in [-0.05, 0) is 24.9 Å². The second-order valence-corrected chi connectivity index (χ2v) is 4.47. The zero-order chi connectivity index (χ0) is 12.8. The highest BCUT2D eigenvalue weighted by Crippen LogP contribution is 2.10. The number of hydrogen-bond donors (Lipinski definition) is 2. The maximum Gasteiger partial charge on any atom is 0.224 e. The van der Waals surface area contributed by atoms with Crippen molar-refractivity contribution in [2.45, 2.75) is 19.4 Å². The Morgan fingerprint density at radius 1 is 1.61 bits per heavy atom. The number of nitrogens with one attached hydrogen (secondary N) is 2. The van der Waals surface area contributed by atoms with Crippen LogP contribution in [0, 0.1) is 5.92 Å². The molecule has 1 aliphatic rings. The van der Waals surface area contributed by atoms with Gasteiger partial charge in [0.25, 0.3) is 0 Å². The van der Waals surface area contributed by atoms with E-state index in [1.807, 2.05) is 6.07 Å². The third-order valence-corrected chi connectivity index (χ3v) is 3.14. The number of amides is 1. The topological polar surface area (TPSA) is 63.2 Å². The van der Waals surface area contributed by atoms with Crippen molar-refractivity contribution in [2.75, 3.05) is 20.2 Å². The van der Waals surface area contributed by atoms with Gasteiger partial charge in [0.1, 0.15) is 0 Å². The third-order valence-electron chi connectivity index (χ3n) is 3.14. The smallest absolute Gasteiger partial charge is 0.224 e. The Balaban J connectivity index is 1.80. The lowest BCUT2D eigenvalue weighted by molar-refractivity contribution is -0.125. The van der Waals surface area contributed by atoms with E-state index in [9.17, 15) is 4.79 Å². The molecule has 1 atom stereocenters. The number of ether oxygens (including phenoxy) is 1. The standard InChI is InChI=1S/C13H19N3O2/c1-18-12-5-4-10(7-15-12)8-16-13(17)11-3-2-6-14-9-11/h4-5,7,11,14H,2-3,6,8-9H2,1H3,(H,16,17). The molecule has 1 amide bonds. The lowest BCUT2D eigenvalue weighted by Gasteiger charge is -2.21. The van der Waals surface area contributed by atoms with Gasteiger partial charge in [0.15, 0.2) is 0 Å². The van der Waals surface area contributed by atoms with E-state index in [-0.39, 0.29) is 11.8 Å². The summed E-state index contributed by atoms with van der Waals surface area (Å²) in [5.41, 5.74) is 0.980. The molecular weight excluding hydrogens is 230 g/mol. The lowest BCUT2D eigenvalue weighted by atomic mass is 9.99. The van der Waals surface area contributed by atoms with E-state index >= 15 is 0 Å². The van der Waals surface area contributed by atoms with Crippen LogP contribution in [0.25, 0.3) is 0 Å². The minimum absolute atomic E-state index is 0.102. The van der Waals surface area contributed by atoms with E-state index in [4.69, 9.17) is 4.74 Å². The Labute approximate surface area is 107 Å². The average molecular weight is 249 g/mol. The SMILES string of the molecule is COc1ccc(CNC(=O)C2CCCNC2)cn1. The first kappa shape index (κ1) is 12.8. The number of carbonyl (C=O) groups excluding carboxylic acids is 1. The minimum atomic E-state index is 0.102. The van der Waals surface area contributed by atoms with E-state index in [1.54, 1.807) is 19.4 Å². The van der Waals surface area contributed by atoms with Gasteiger partial charge in [-0.3, -0.25) is 4.79 Å². The van der Waals surface area contributed by atoms with Gasteiger partial charge in [-0.25, -0.2) is 4.98 Å². The van der Waals surface area contributed by atoms with Crippen LogP contribution < -0.4 is 15.4 Å². The summed E-state index contributed by atoms with van der Waals surface area (Å²) in [5, 5.41) is 6.19. The van der Waals surface area contributed by atoms with E-state index in [0.29, 0.717) is 12.4 Å². The maximum atomic E-state index is 11.9. The molecule has 18 heavy (non-hydrogen) atoms. The second-order valence-electron chi connectivity index (χ2n) is 4.47. The van der Waals surface area contributed by atoms with Crippen LogP contribution in [0.15, 0.2) is 18.3 Å². The van der Waals surface area contributed by atoms with Crippen LogP contribution in [-0.4, -0.2) is 31.1 Å². The van der Waals surface area contributed by atoms with Crippen molar-refractivity contribution in [1.82, 2.24) is 15.6 Å². The van der Waals surface area contributed by atoms with Crippen molar-refractivity contribution in [3.05, 3.63) is 23.9 Å². The summed E-state index contributed by atoms with van der Waals surface area (Å²) in [7, 11) is 1.58. The highest BCUT2D eigenvalue weighted by Gasteiger charge is 2.20. The number of carbonyl (C=O) groups is 1. The molecule has 0 radical (unpaired) electrons. The number of pyridine rings is 1. The fourth-order valence-corrected chi connectivity index (χ4v) is 2.05. The zero-order valence-corrected chi connectivity index (χ0v) is 10.6. The fourth-order valence-electron chi connectivity index (χ4n) is 2.05. The van der Waals surface area contributed by atoms with Crippen LogP contribution in [0.5, 0.6) is 5.88 Å². The largest absolute Gasteiger partial charge is 0.481 e. The highest BCUT2D eigenvalue weighted by molar-refractivity contribution is 5.78. The zero-order valence-electron chi connectivity index (χ0n) is 10.6. The van der Waals surface area contributed by atoms with Gasteiger partial charge < -0.3 is 15.4 Å². The van der Waals surface area contributed by atoms with Gasteiger partial charge in [0.2, 0.25) is 11.8 Å². The Morgan fingerprint density at radius 2 is 2.50 bits per heavy atom. The Morgan fingerprint density at radius 3 is 3.11 bits per heavy atom. The van der Waals surface area contributed by atoms with Crippen molar-refractivity contribution in [1.29, 1.82) is 0 Å². The minimum Gasteiger partial charge on any atom is -0.481 e. The molecule has 1 saturated heterocycles. The molecule has 1 aromatic heterocycles. The van der Waals surface area contributed by atoms with E-state index in [2.05, 4.69) is 15.6 Å². The van der Waals surface area contributed by atoms with Crippen molar-refractivity contribution in [2.24, 2.45) is 5.92 Å². The molecular formula is C13H19N3O2. The van der Waals surface area contributed by atoms with Crippen molar-refractivity contribution in [3.8, 4) is 5.88 Å². The molecule has 1 unspecified atom stereocenters. The summed E-state index contributed by atoms with van der Waals surface area (Å²) >= 11 is 0. The molecule has 5 heteroatoms. The predicted octanol–water partition coefficient (Wildman–Crippen LogP) is 0.706. The number of methoxy groups -OCH3 is 1. The lowest BCUT2D eigenvalue weighted by Crippen LogP contribution is -2.40. The van der Waals surface area contributed by atoms with Gasteiger partial charge in [-0.15, -0.1) is 0 Å². The fraction of sp³-hybridized carbons (Fsp3) is 0.538. The van der Waals surface area contributed by atoms with Crippen LogP contribution >= 0.6 is 0 Å². The Kier molecular flexibility index (Phi) is 4.52. The number of piperidine rings is 1. The monoisotopic (exact) mass is 249 g/mol.